The number of nitrogens with zero attached hydrogens (tertiary/aromatic N) is 5. The van der Waals surface area contributed by atoms with E-state index in [-0.39, 0.29) is 0 Å². The van der Waals surface area contributed by atoms with Gasteiger partial charge in [0.15, 0.2) is 17.5 Å². The van der Waals surface area contributed by atoms with E-state index in [0.29, 0.717) is 17.5 Å². The van der Waals surface area contributed by atoms with Crippen LogP contribution in [0.25, 0.3) is 133 Å². The highest BCUT2D eigenvalue weighted by Gasteiger charge is 2.25. The quantitative estimate of drug-likeness (QED) is 0.173. The van der Waals surface area contributed by atoms with Crippen LogP contribution in [-0.2, 0) is 0 Å². The molecule has 6 heteroatoms. The van der Waals surface area contributed by atoms with Crippen molar-refractivity contribution in [3.63, 3.8) is 0 Å². The van der Waals surface area contributed by atoms with E-state index in [1.54, 1.807) is 0 Å². The zero-order valence-electron chi connectivity index (χ0n) is 34.9. The molecule has 0 aliphatic carbocycles. The van der Waals surface area contributed by atoms with Crippen molar-refractivity contribution in [2.45, 2.75) is 0 Å². The van der Waals surface area contributed by atoms with Gasteiger partial charge in [-0.3, -0.25) is 0 Å². The summed E-state index contributed by atoms with van der Waals surface area (Å²) in [5, 5.41) is 11.2. The Balaban J connectivity index is 1.10. The minimum atomic E-state index is 0.524. The number of benzene rings is 10. The summed E-state index contributed by atoms with van der Waals surface area (Å²) >= 11 is 0. The maximum absolute atomic E-state index is 6.97. The summed E-state index contributed by atoms with van der Waals surface area (Å²) in [6.45, 7) is 0. The van der Waals surface area contributed by atoms with Crippen molar-refractivity contribution in [1.29, 1.82) is 0 Å². The summed E-state index contributed by atoms with van der Waals surface area (Å²) in [6, 6.07) is 75.0. The lowest BCUT2D eigenvalue weighted by molar-refractivity contribution is 0.669. The average Bonchev–Trinajstić information content (AvgIpc) is 4.02. The molecular formula is C59H35N5O. The minimum absolute atomic E-state index is 0.524. The molecule has 0 fully saturated rings. The molecule has 0 spiro atoms. The number of furan rings is 1. The third-order valence-electron chi connectivity index (χ3n) is 13.1. The van der Waals surface area contributed by atoms with Crippen LogP contribution in [0.15, 0.2) is 217 Å². The Labute approximate surface area is 371 Å². The zero-order valence-corrected chi connectivity index (χ0v) is 34.9. The molecule has 0 aliphatic heterocycles. The number of para-hydroxylation sites is 4. The summed E-state index contributed by atoms with van der Waals surface area (Å²) in [7, 11) is 0. The maximum atomic E-state index is 6.97. The van der Waals surface area contributed by atoms with E-state index in [9.17, 15) is 0 Å². The second-order valence-corrected chi connectivity index (χ2v) is 16.8. The predicted octanol–water partition coefficient (Wildman–Crippen LogP) is 15.3. The lowest BCUT2D eigenvalue weighted by atomic mass is 10.0. The monoisotopic (exact) mass is 829 g/mol. The van der Waals surface area contributed by atoms with Crippen LogP contribution < -0.4 is 0 Å². The molecule has 0 atom stereocenters. The van der Waals surface area contributed by atoms with Crippen molar-refractivity contribution in [3.8, 4) is 45.5 Å². The standard InChI is InChI=1S/C59H35N5O/c1-2-19-40(20-3-1)63-49-26-11-8-22-42(49)47-34-39(29-31-51(47)63)57-60-58(46-25-14-18-36-15-6-7-21-41(36)46)62-59(61-57)55-52(32-30-45-44-24-10-13-28-54(44)65-56(45)55)64-50-27-12-9-23-43(50)48-33-37-16-4-5-17-38(37)35-53(48)64/h1-35H. The molecule has 10 aromatic carbocycles. The fourth-order valence-corrected chi connectivity index (χ4v) is 10.2. The lowest BCUT2D eigenvalue weighted by Crippen LogP contribution is -2.04. The van der Waals surface area contributed by atoms with Gasteiger partial charge >= 0.3 is 0 Å². The number of hydrogen-bond acceptors (Lipinski definition) is 4. The van der Waals surface area contributed by atoms with Crippen molar-refractivity contribution in [1.82, 2.24) is 24.1 Å². The molecule has 14 aromatic rings. The minimum Gasteiger partial charge on any atom is -0.455 e. The Morgan fingerprint density at radius 1 is 0.338 bits per heavy atom. The van der Waals surface area contributed by atoms with Crippen molar-refractivity contribution in [2.24, 2.45) is 0 Å². The third kappa shape index (κ3) is 5.38. The molecule has 0 amide bonds. The van der Waals surface area contributed by atoms with Crippen LogP contribution in [0.2, 0.25) is 0 Å². The number of fused-ring (bicyclic) bond motifs is 11. The van der Waals surface area contributed by atoms with Crippen LogP contribution in [0, 0.1) is 0 Å². The van der Waals surface area contributed by atoms with Crippen molar-refractivity contribution in [3.05, 3.63) is 212 Å². The average molecular weight is 830 g/mol. The molecule has 0 unspecified atom stereocenters. The van der Waals surface area contributed by atoms with E-state index in [2.05, 4.69) is 209 Å². The Hall–Kier alpha value is -8.87. The van der Waals surface area contributed by atoms with Gasteiger partial charge in [-0.25, -0.2) is 15.0 Å². The fraction of sp³-hybridized carbons (Fsp3) is 0. The summed E-state index contributed by atoms with van der Waals surface area (Å²) in [6.07, 6.45) is 0. The molecule has 0 aliphatic rings. The number of rotatable bonds is 5. The SMILES string of the molecule is c1ccc(-n2c3ccccc3c3cc(-c4nc(-c5cccc6ccccc56)nc(-c5c(-n6c7ccccc7c7cc8ccccc8cc76)ccc6c5oc5ccccc56)n4)ccc32)cc1. The predicted molar refractivity (Wildman–Crippen MR) is 267 cm³/mol. The Bertz CT molecular complexity index is 4250. The van der Waals surface area contributed by atoms with Crippen molar-refractivity contribution in [2.75, 3.05) is 0 Å². The van der Waals surface area contributed by atoms with Crippen LogP contribution in [-0.4, -0.2) is 24.1 Å². The highest BCUT2D eigenvalue weighted by molar-refractivity contribution is 6.16. The van der Waals surface area contributed by atoms with E-state index in [4.69, 9.17) is 19.4 Å². The first kappa shape index (κ1) is 35.7. The van der Waals surface area contributed by atoms with Gasteiger partial charge in [-0.05, 0) is 94.3 Å². The molecule has 4 aromatic heterocycles. The first-order valence-corrected chi connectivity index (χ1v) is 21.9. The van der Waals surface area contributed by atoms with Gasteiger partial charge in [0.1, 0.15) is 11.2 Å². The van der Waals surface area contributed by atoms with Gasteiger partial charge in [-0.1, -0.05) is 140 Å². The molecule has 0 radical (unpaired) electrons. The number of hydrogen-bond donors (Lipinski definition) is 0. The Morgan fingerprint density at radius 2 is 0.938 bits per heavy atom. The molecule has 4 heterocycles. The summed E-state index contributed by atoms with van der Waals surface area (Å²) < 4.78 is 11.7. The van der Waals surface area contributed by atoms with E-state index in [1.165, 1.54) is 21.5 Å². The van der Waals surface area contributed by atoms with E-state index in [1.807, 2.05) is 12.1 Å². The molecule has 0 bridgehead atoms. The van der Waals surface area contributed by atoms with Gasteiger partial charge in [0.25, 0.3) is 0 Å². The summed E-state index contributed by atoms with van der Waals surface area (Å²) in [5.74, 6) is 1.68. The highest BCUT2D eigenvalue weighted by Crippen LogP contribution is 2.44. The van der Waals surface area contributed by atoms with Crippen LogP contribution >= 0.6 is 0 Å². The summed E-state index contributed by atoms with van der Waals surface area (Å²) in [4.78, 5) is 16.4. The molecule has 302 valence electrons. The highest BCUT2D eigenvalue weighted by atomic mass is 16.3. The second kappa shape index (κ2) is 13.8. The normalized spacial score (nSPS) is 12.0. The molecule has 0 saturated carbocycles. The molecule has 0 saturated heterocycles. The van der Waals surface area contributed by atoms with Gasteiger partial charge in [0, 0.05) is 49.1 Å². The first-order chi connectivity index (χ1) is 32.2. The largest absolute Gasteiger partial charge is 0.455 e. The third-order valence-corrected chi connectivity index (χ3v) is 13.1. The van der Waals surface area contributed by atoms with Gasteiger partial charge in [-0.2, -0.15) is 0 Å². The van der Waals surface area contributed by atoms with E-state index >= 15 is 0 Å². The second-order valence-electron chi connectivity index (χ2n) is 16.8. The van der Waals surface area contributed by atoms with Crippen LogP contribution in [0.3, 0.4) is 0 Å². The molecular weight excluding hydrogens is 795 g/mol. The van der Waals surface area contributed by atoms with Gasteiger partial charge in [0.05, 0.1) is 33.3 Å². The van der Waals surface area contributed by atoms with Crippen molar-refractivity contribution >= 4 is 87.1 Å². The summed E-state index contributed by atoms with van der Waals surface area (Å²) in [5.41, 5.74) is 10.6. The van der Waals surface area contributed by atoms with E-state index < -0.39 is 0 Å². The molecule has 0 N–H and O–H groups in total. The van der Waals surface area contributed by atoms with Gasteiger partial charge < -0.3 is 13.6 Å². The zero-order chi connectivity index (χ0) is 42.6. The fourth-order valence-electron chi connectivity index (χ4n) is 10.2. The molecule has 6 nitrogen and oxygen atoms in total. The maximum Gasteiger partial charge on any atom is 0.170 e. The van der Waals surface area contributed by atoms with Crippen LogP contribution in [0.5, 0.6) is 0 Å². The van der Waals surface area contributed by atoms with E-state index in [0.717, 1.165) is 93.6 Å². The number of aromatic nitrogens is 5. The van der Waals surface area contributed by atoms with Crippen LogP contribution in [0.4, 0.5) is 0 Å². The van der Waals surface area contributed by atoms with Crippen LogP contribution in [0.1, 0.15) is 0 Å². The van der Waals surface area contributed by atoms with Gasteiger partial charge in [0.2, 0.25) is 0 Å². The topological polar surface area (TPSA) is 61.7 Å². The Kier molecular flexibility index (Phi) is 7.59. The lowest BCUT2D eigenvalue weighted by Gasteiger charge is -2.16. The molecule has 14 rings (SSSR count). The van der Waals surface area contributed by atoms with Crippen molar-refractivity contribution < 1.29 is 4.42 Å². The smallest absolute Gasteiger partial charge is 0.170 e. The Morgan fingerprint density at radius 3 is 1.75 bits per heavy atom. The first-order valence-electron chi connectivity index (χ1n) is 21.9. The van der Waals surface area contributed by atoms with Gasteiger partial charge in [-0.15, -0.1) is 0 Å². The molecule has 65 heavy (non-hydrogen) atoms.